The summed E-state index contributed by atoms with van der Waals surface area (Å²) in [5.41, 5.74) is 6.40. The van der Waals surface area contributed by atoms with Crippen LogP contribution in [0.2, 0.25) is 0 Å². The number of fused-ring (bicyclic) bond motifs is 2. The van der Waals surface area contributed by atoms with Crippen molar-refractivity contribution in [3.63, 3.8) is 0 Å². The van der Waals surface area contributed by atoms with Crippen molar-refractivity contribution in [3.8, 4) is 0 Å². The molecule has 0 aromatic heterocycles. The number of rotatable bonds is 8. The van der Waals surface area contributed by atoms with Gasteiger partial charge in [0.15, 0.2) is 0 Å². The van der Waals surface area contributed by atoms with Crippen molar-refractivity contribution in [2.24, 2.45) is 0 Å². The maximum absolute atomic E-state index is 11.7. The van der Waals surface area contributed by atoms with Gasteiger partial charge >= 0.3 is 87.0 Å². The number of aliphatic carboxylic acids is 1. The number of ketones is 1. The summed E-state index contributed by atoms with van der Waals surface area (Å²) in [6.07, 6.45) is 0.502. The first kappa shape index (κ1) is 81.3. The fourth-order valence-corrected chi connectivity index (χ4v) is 10.9. The molecule has 24 heteroatoms. The molecule has 0 bridgehead atoms. The predicted molar refractivity (Wildman–Crippen MR) is 318 cm³/mol. The number of alkyl halides is 3. The number of Topliss-reactive ketones (excluding diaryl/α,β-unsaturated/α-hetero) is 1. The summed E-state index contributed by atoms with van der Waals surface area (Å²) in [4.78, 5) is 59.3. The average Bonchev–Trinajstić information content (AvgIpc) is 3.92. The second-order valence-electron chi connectivity index (χ2n) is 17.8. The number of carbonyl (C=O) groups excluding carboxylic acids is 4. The molecule has 3 saturated heterocycles. The van der Waals surface area contributed by atoms with E-state index in [9.17, 15) is 37.5 Å². The normalized spacial score (nSPS) is 14.9. The molecule has 0 unspecified atom stereocenters. The number of benzene rings is 4. The molecule has 0 atom stereocenters. The number of carboxylic acid groups (broad SMARTS) is 1. The van der Waals surface area contributed by atoms with E-state index in [0.717, 1.165) is 65.0 Å². The molecule has 82 heavy (non-hydrogen) atoms. The second-order valence-corrected chi connectivity index (χ2v) is 21.0. The molecule has 3 amide bonds. The van der Waals surface area contributed by atoms with Crippen molar-refractivity contribution in [2.45, 2.75) is 119 Å². The Morgan fingerprint density at radius 2 is 1.11 bits per heavy atom. The number of hydrogen-bond acceptors (Lipinski definition) is 13. The van der Waals surface area contributed by atoms with Crippen LogP contribution in [0.25, 0.3) is 0 Å². The number of aliphatic hydroxyl groups is 1. The van der Waals surface area contributed by atoms with E-state index in [1.54, 1.807) is 23.6 Å². The Morgan fingerprint density at radius 3 is 1.50 bits per heavy atom. The first-order chi connectivity index (χ1) is 37.7. The molecule has 0 saturated carbocycles. The van der Waals surface area contributed by atoms with Crippen LogP contribution in [-0.4, -0.2) is 120 Å². The van der Waals surface area contributed by atoms with E-state index in [1.165, 1.54) is 23.1 Å². The average molecular weight is 1260 g/mol. The number of piperidine rings is 3. The first-order valence-corrected chi connectivity index (χ1v) is 29.7. The number of nitrogens with zero attached hydrogens (tertiary/aromatic N) is 3. The van der Waals surface area contributed by atoms with Gasteiger partial charge in [0, 0.05) is 78.6 Å². The van der Waals surface area contributed by atoms with Gasteiger partial charge in [-0.05, 0) is 80.3 Å². The molecular formula is C58H76BrF3Li3N3O10S4. The molecule has 4 aromatic carbocycles. The molecule has 8 rings (SSSR count). The van der Waals surface area contributed by atoms with Crippen LogP contribution in [-0.2, 0) is 69.8 Å². The molecule has 4 aliphatic heterocycles. The van der Waals surface area contributed by atoms with Crippen molar-refractivity contribution >= 4 is 95.6 Å². The molecule has 0 radical (unpaired) electrons. The summed E-state index contributed by atoms with van der Waals surface area (Å²) < 4.78 is 48.0. The third kappa shape index (κ3) is 29.1. The minimum absolute atomic E-state index is 0. The van der Waals surface area contributed by atoms with Gasteiger partial charge in [-0.25, -0.2) is 19.2 Å². The molecule has 4 aliphatic rings. The summed E-state index contributed by atoms with van der Waals surface area (Å²) in [7, 11) is 0. The number of unbranched alkanes of at least 4 members (excludes halogenated alkanes) is 1. The van der Waals surface area contributed by atoms with Crippen molar-refractivity contribution in [3.05, 3.63) is 148 Å². The molecular weight excluding hydrogens is 1180 g/mol. The number of amides is 3. The maximum Gasteiger partial charge on any atom is 1.00 e. The fraction of sp³-hybridized carbons (Fsp3) is 0.483. The fourth-order valence-electron chi connectivity index (χ4n) is 8.02. The molecule has 438 valence electrons. The summed E-state index contributed by atoms with van der Waals surface area (Å²) in [6.45, 7) is 16.0. The number of carbonyl (C=O) groups is 5. The molecule has 13 nitrogen and oxygen atoms in total. The summed E-state index contributed by atoms with van der Waals surface area (Å²) in [6, 6.07) is 35.4. The smallest absolute Gasteiger partial charge is 0.790 e. The van der Waals surface area contributed by atoms with Crippen molar-refractivity contribution in [1.29, 1.82) is 0 Å². The van der Waals surface area contributed by atoms with Crippen molar-refractivity contribution in [2.75, 3.05) is 59.1 Å². The van der Waals surface area contributed by atoms with Crippen LogP contribution in [0.4, 0.5) is 27.6 Å². The van der Waals surface area contributed by atoms with Gasteiger partial charge in [-0.2, -0.15) is 86.5 Å². The van der Waals surface area contributed by atoms with E-state index in [0.29, 0.717) is 83.2 Å². The molecule has 0 aliphatic carbocycles. The van der Waals surface area contributed by atoms with E-state index in [-0.39, 0.29) is 85.4 Å². The van der Waals surface area contributed by atoms with Gasteiger partial charge < -0.3 is 58.7 Å². The predicted octanol–water partition coefficient (Wildman–Crippen LogP) is 4.42. The van der Waals surface area contributed by atoms with E-state index >= 15 is 0 Å². The van der Waals surface area contributed by atoms with Gasteiger partial charge in [-0.3, -0.25) is 4.79 Å². The number of ether oxygens (including phenoxy) is 3. The SMILES string of the molecule is CCOC(=O)N1CCC(=O)CC1.CCOC(=O)N1CCC(O)(c2ccccc2CS)CC1.CCOC(=O)N1CCC2(CC1)SCc1ccccc12.O=C(O)C(F)(F)F.SCc1ccccc1Br.[CH2-]CCC.[Li+].[Li+].[Li+].[S-]Cc1[c-]cccc1. The van der Waals surface area contributed by atoms with Crippen LogP contribution in [0.3, 0.4) is 0 Å². The summed E-state index contributed by atoms with van der Waals surface area (Å²) in [5, 5.41) is 18.0. The zero-order valence-electron chi connectivity index (χ0n) is 48.5. The van der Waals surface area contributed by atoms with E-state index in [2.05, 4.69) is 91.4 Å². The zero-order chi connectivity index (χ0) is 58.9. The van der Waals surface area contributed by atoms with E-state index in [1.807, 2.05) is 90.3 Å². The molecule has 1 spiro atoms. The number of hydrogen-bond donors (Lipinski definition) is 4. The Morgan fingerprint density at radius 1 is 0.695 bits per heavy atom. The van der Waals surface area contributed by atoms with Crippen LogP contribution in [0.15, 0.2) is 102 Å². The quantitative estimate of drug-likeness (QED) is 0.0648. The molecule has 4 heterocycles. The van der Waals surface area contributed by atoms with Gasteiger partial charge in [0.25, 0.3) is 0 Å². The summed E-state index contributed by atoms with van der Waals surface area (Å²) >= 11 is 18.7. The number of likely N-dealkylation sites (tertiary alicyclic amines) is 3. The Hall–Kier alpha value is -2.75. The van der Waals surface area contributed by atoms with Crippen LogP contribution in [0, 0.1) is 13.0 Å². The second kappa shape index (κ2) is 44.7. The van der Waals surface area contributed by atoms with E-state index < -0.39 is 17.7 Å². The van der Waals surface area contributed by atoms with Gasteiger partial charge in [-0.15, -0.1) is 11.8 Å². The molecule has 4 aromatic rings. The number of thioether (sulfide) groups is 1. The standard InChI is InChI=1S/C15H21NO3S.C15H19NO2S.C8H13NO3.C7H7BrS.C7H7S.C4H9.C2HF3O2.3Li/c1-2-19-14(17)16-9-7-15(18,8-10-16)13-6-4-3-5-12(13)11-20;1-2-18-14(17)16-9-7-15(8-10-16)13-6-4-3-5-12(13)11-19-15;1-2-12-8(11)9-5-3-7(10)4-6-9;8-7-4-2-1-3-6(7)5-9;8-6-7-4-2-1-3-5-7;1-3-4-2;3-2(4,5)1(6)7;;;/h3-6,18,20H,2,7-11H2,1H3;3-6H,2,7-11H2,1H3;2-6H2,1H3;1-4,9H,5H2;1-4,8H,6H2;1,3-4H2,2H3;(H,6,7);;;/q;;;;2*-1;;3*+1/p-1. The molecule has 3 fully saturated rings. The first-order valence-electron chi connectivity index (χ1n) is 26.1. The number of thiol groups is 2. The topological polar surface area (TPSA) is 163 Å². The minimum Gasteiger partial charge on any atom is -0.790 e. The third-order valence-electron chi connectivity index (χ3n) is 12.4. The largest absolute Gasteiger partial charge is 1.00 e. The Bertz CT molecular complexity index is 2440. The van der Waals surface area contributed by atoms with Crippen LogP contribution in [0.1, 0.15) is 112 Å². The van der Waals surface area contributed by atoms with E-state index in [4.69, 9.17) is 36.7 Å². The number of carboxylic acids is 1. The Balaban J connectivity index is 0. The zero-order valence-corrected chi connectivity index (χ0v) is 53.5. The van der Waals surface area contributed by atoms with Crippen LogP contribution >= 0.6 is 52.9 Å². The van der Waals surface area contributed by atoms with Crippen molar-refractivity contribution in [1.82, 2.24) is 14.7 Å². The van der Waals surface area contributed by atoms with Gasteiger partial charge in [-0.1, -0.05) is 96.0 Å². The van der Waals surface area contributed by atoms with Crippen LogP contribution < -0.4 is 56.6 Å². The summed E-state index contributed by atoms with van der Waals surface area (Å²) in [5.74, 6) is 0.640. The Labute approximate surface area is 549 Å². The van der Waals surface area contributed by atoms with Gasteiger partial charge in [0.1, 0.15) is 5.78 Å². The van der Waals surface area contributed by atoms with Gasteiger partial charge in [0.2, 0.25) is 0 Å². The van der Waals surface area contributed by atoms with Crippen molar-refractivity contribution < 1.29 is 118 Å². The maximum atomic E-state index is 11.7. The molecule has 2 N–H and O–H groups in total. The number of halogens is 4. The van der Waals surface area contributed by atoms with Crippen LogP contribution in [0.5, 0.6) is 0 Å². The third-order valence-corrected chi connectivity index (χ3v) is 15.8. The minimum atomic E-state index is -5.08. The Kier molecular flexibility index (Phi) is 44.3. The monoisotopic (exact) mass is 1260 g/mol. The van der Waals surface area contributed by atoms with Gasteiger partial charge in [0.05, 0.1) is 25.4 Å².